The van der Waals surface area contributed by atoms with Crippen molar-refractivity contribution in [3.8, 4) is 0 Å². The summed E-state index contributed by atoms with van der Waals surface area (Å²) in [6.07, 6.45) is 1.66. The number of halogens is 1. The monoisotopic (exact) mass is 723 g/mol. The summed E-state index contributed by atoms with van der Waals surface area (Å²) in [5.74, 6) is -3.84. The van der Waals surface area contributed by atoms with E-state index >= 15 is 0 Å². The van der Waals surface area contributed by atoms with Crippen LogP contribution < -0.4 is 16.9 Å². The topological polar surface area (TPSA) is 251 Å². The first-order valence-corrected chi connectivity index (χ1v) is 16.5. The molecule has 6 rings (SSSR count). The van der Waals surface area contributed by atoms with Crippen LogP contribution in [0, 0.1) is 6.92 Å². The number of likely N-dealkylation sites (tertiary alicyclic amines) is 2. The lowest BCUT2D eigenvalue weighted by molar-refractivity contribution is -0.150. The van der Waals surface area contributed by atoms with Crippen molar-refractivity contribution in [1.82, 2.24) is 25.0 Å². The van der Waals surface area contributed by atoms with Crippen LogP contribution in [0.1, 0.15) is 30.1 Å². The number of thiazole rings is 1. The van der Waals surface area contributed by atoms with Gasteiger partial charge in [0.2, 0.25) is 5.91 Å². The molecule has 3 fully saturated rings. The van der Waals surface area contributed by atoms with Gasteiger partial charge in [-0.15, -0.1) is 11.8 Å². The van der Waals surface area contributed by atoms with Crippen molar-refractivity contribution in [2.45, 2.75) is 43.8 Å². The number of ether oxygens (including phenoxy) is 1. The summed E-state index contributed by atoms with van der Waals surface area (Å²) in [4.78, 5) is 83.6. The van der Waals surface area contributed by atoms with Gasteiger partial charge in [-0.3, -0.25) is 19.3 Å². The Kier molecular flexibility index (Phi) is 8.96. The molecule has 4 aliphatic rings. The summed E-state index contributed by atoms with van der Waals surface area (Å²) in [5, 5.41) is 24.1. The van der Waals surface area contributed by atoms with E-state index in [0.717, 1.165) is 16.2 Å². The number of aliphatic carboxylic acids is 1. The number of carbonyl (C=O) groups is 5. The van der Waals surface area contributed by atoms with Crippen molar-refractivity contribution in [3.63, 3.8) is 0 Å². The van der Waals surface area contributed by atoms with Gasteiger partial charge in [-0.2, -0.15) is 0 Å². The molecule has 0 bridgehead atoms. The zero-order valence-electron chi connectivity index (χ0n) is 24.8. The van der Waals surface area contributed by atoms with Gasteiger partial charge in [-0.1, -0.05) is 28.1 Å². The molecule has 4 amide bonds. The lowest BCUT2D eigenvalue weighted by atomic mass is 10.0. The van der Waals surface area contributed by atoms with Crippen molar-refractivity contribution in [3.05, 3.63) is 55.1 Å². The van der Waals surface area contributed by atoms with Gasteiger partial charge >= 0.3 is 17.9 Å². The van der Waals surface area contributed by atoms with Crippen molar-refractivity contribution < 1.29 is 47.9 Å². The van der Waals surface area contributed by atoms with Gasteiger partial charge in [-0.25, -0.2) is 19.4 Å². The number of hydrogen-bond acceptors (Lipinski definition) is 15. The predicted molar refractivity (Wildman–Crippen MR) is 166 cm³/mol. The number of aromatic nitrogens is 1. The standard InChI is InChI=1S/C27H26ClN7O11S2/c1-10-14(46-27(42)45-10)8-44-26(41)33-4-3-13(7-33)34-5-2-11(21(34)37)6-12-9-47-23-17(22(38)35(23)18(12)24(39)40)30-20(36)16(32-43)15-19(28)48-25(29)31-15/h6,13,17,23,43H,2-5,7-9H2,1H3,(H2,29,31)(H,30,36)(H,39,40)/t13-,17-,23-/m1/s1. The summed E-state index contributed by atoms with van der Waals surface area (Å²) >= 11 is 8.07. The zero-order valence-corrected chi connectivity index (χ0v) is 27.2. The number of fused-ring (bicyclic) bond motifs is 1. The number of nitrogens with zero attached hydrogens (tertiary/aromatic N) is 5. The number of oxime groups is 1. The van der Waals surface area contributed by atoms with Crippen LogP contribution in [0.15, 0.2) is 41.7 Å². The van der Waals surface area contributed by atoms with Crippen LogP contribution in [0.2, 0.25) is 4.34 Å². The molecular weight excluding hydrogens is 698 g/mol. The van der Waals surface area contributed by atoms with Crippen LogP contribution in [-0.2, 0) is 30.5 Å². The Bertz CT molecular complexity index is 1880. The number of thioether (sulfide) groups is 1. The summed E-state index contributed by atoms with van der Waals surface area (Å²) in [5.41, 5.74) is 5.17. The highest BCUT2D eigenvalue weighted by Gasteiger charge is 2.54. The Hall–Kier alpha value is -4.82. The molecule has 6 heterocycles. The van der Waals surface area contributed by atoms with Gasteiger partial charge in [-0.05, 0) is 31.4 Å². The lowest BCUT2D eigenvalue weighted by Gasteiger charge is -2.49. The second kappa shape index (κ2) is 13.0. The third-order valence-electron chi connectivity index (χ3n) is 8.16. The van der Waals surface area contributed by atoms with Crippen LogP contribution >= 0.6 is 34.7 Å². The number of nitrogens with one attached hydrogen (secondary N) is 1. The largest absolute Gasteiger partial charge is 0.519 e. The number of carboxylic acid groups (broad SMARTS) is 1. The fraction of sp³-hybridized carbons (Fsp3) is 0.407. The maximum Gasteiger partial charge on any atom is 0.519 e. The number of anilines is 1. The van der Waals surface area contributed by atoms with E-state index in [-0.39, 0.29) is 68.8 Å². The Morgan fingerprint density at radius 2 is 2.02 bits per heavy atom. The first kappa shape index (κ1) is 33.1. The van der Waals surface area contributed by atoms with Crippen molar-refractivity contribution in [1.29, 1.82) is 0 Å². The highest BCUT2D eigenvalue weighted by Crippen LogP contribution is 2.41. The third-order valence-corrected chi connectivity index (χ3v) is 10.5. The van der Waals surface area contributed by atoms with Crippen LogP contribution in [-0.4, -0.2) is 108 Å². The first-order chi connectivity index (χ1) is 22.9. The maximum atomic E-state index is 13.4. The minimum atomic E-state index is -1.38. The second-order valence-electron chi connectivity index (χ2n) is 11.0. The van der Waals surface area contributed by atoms with E-state index in [2.05, 4.69) is 15.5 Å². The minimum absolute atomic E-state index is 0.000543. The van der Waals surface area contributed by atoms with E-state index in [0.29, 0.717) is 31.5 Å². The molecule has 2 aromatic heterocycles. The van der Waals surface area contributed by atoms with Crippen LogP contribution in [0.5, 0.6) is 0 Å². The molecule has 0 spiro atoms. The normalized spacial score (nSPS) is 23.5. The number of carboxylic acids is 1. The van der Waals surface area contributed by atoms with Gasteiger partial charge in [0, 0.05) is 31.0 Å². The molecule has 18 nitrogen and oxygen atoms in total. The molecule has 4 aliphatic heterocycles. The fourth-order valence-corrected chi connectivity index (χ4v) is 8.07. The number of rotatable bonds is 8. The van der Waals surface area contributed by atoms with Crippen LogP contribution in [0.3, 0.4) is 0 Å². The zero-order chi connectivity index (χ0) is 34.4. The summed E-state index contributed by atoms with van der Waals surface area (Å²) in [6, 6.07) is -1.44. The molecule has 3 saturated heterocycles. The number of carbonyl (C=O) groups excluding carboxylic acids is 4. The lowest BCUT2D eigenvalue weighted by Crippen LogP contribution is -2.71. The van der Waals surface area contributed by atoms with Crippen molar-refractivity contribution in [2.24, 2.45) is 5.16 Å². The summed E-state index contributed by atoms with van der Waals surface area (Å²) in [7, 11) is 0. The van der Waals surface area contributed by atoms with Crippen molar-refractivity contribution in [2.75, 3.05) is 31.1 Å². The number of nitrogens with two attached hydrogens (primary N) is 1. The molecule has 48 heavy (non-hydrogen) atoms. The minimum Gasteiger partial charge on any atom is -0.477 e. The van der Waals surface area contributed by atoms with Gasteiger partial charge in [0.05, 0.1) is 6.04 Å². The van der Waals surface area contributed by atoms with Gasteiger partial charge in [0.25, 0.3) is 11.8 Å². The average Bonchev–Trinajstić information content (AvgIpc) is 3.82. The van der Waals surface area contributed by atoms with Crippen molar-refractivity contribution >= 4 is 75.3 Å². The SMILES string of the molecule is Cc1oc(=O)oc1COC(=O)N1CC[C@@H](N2CCC(=CC3=C(C(=O)O)N4C(=O)[C@@H](NC(=O)C(=NO)c5nc(N)sc5Cl)[C@H]4SC3)C2=O)C1. The van der Waals surface area contributed by atoms with Gasteiger partial charge < -0.3 is 44.7 Å². The Balaban J connectivity index is 1.10. The van der Waals surface area contributed by atoms with E-state index in [4.69, 9.17) is 30.9 Å². The van der Waals surface area contributed by atoms with E-state index in [1.54, 1.807) is 4.90 Å². The number of nitrogen functional groups attached to an aromatic ring is 1. The molecule has 21 heteroatoms. The number of amides is 4. The number of allylic oxidation sites excluding steroid dienone is 1. The van der Waals surface area contributed by atoms with E-state index in [1.165, 1.54) is 29.7 Å². The molecule has 5 N–H and O–H groups in total. The molecule has 3 atom stereocenters. The molecule has 0 unspecified atom stereocenters. The Morgan fingerprint density at radius 3 is 2.67 bits per heavy atom. The molecular formula is C27H26ClN7O11S2. The maximum absolute atomic E-state index is 13.4. The Labute approximate surface area is 282 Å². The molecule has 0 aromatic carbocycles. The third kappa shape index (κ3) is 6.01. The highest BCUT2D eigenvalue weighted by atomic mass is 35.5. The molecule has 0 aliphatic carbocycles. The molecule has 0 saturated carbocycles. The number of aryl methyl sites for hydroxylation is 1. The summed E-state index contributed by atoms with van der Waals surface area (Å²) < 4.78 is 14.8. The van der Waals surface area contributed by atoms with Crippen LogP contribution in [0.25, 0.3) is 0 Å². The smallest absolute Gasteiger partial charge is 0.477 e. The number of β-lactam (4-membered cyclic amide) rings is 1. The molecule has 0 radical (unpaired) electrons. The Morgan fingerprint density at radius 1 is 1.25 bits per heavy atom. The highest BCUT2D eigenvalue weighted by molar-refractivity contribution is 8.00. The van der Waals surface area contributed by atoms with E-state index in [1.807, 2.05) is 0 Å². The molecule has 254 valence electrons. The van der Waals surface area contributed by atoms with E-state index in [9.17, 15) is 39.1 Å². The predicted octanol–water partition coefficient (Wildman–Crippen LogP) is 0.720. The molecule has 2 aromatic rings. The van der Waals surface area contributed by atoms with Gasteiger partial charge in [0.15, 0.2) is 29.0 Å². The van der Waals surface area contributed by atoms with E-state index < -0.39 is 46.8 Å². The average molecular weight is 724 g/mol. The van der Waals surface area contributed by atoms with Crippen LogP contribution in [0.4, 0.5) is 9.93 Å². The quantitative estimate of drug-likeness (QED) is 0.0963. The first-order valence-electron chi connectivity index (χ1n) is 14.3. The second-order valence-corrected chi connectivity index (χ2v) is 13.7. The number of hydrogen-bond donors (Lipinski definition) is 4. The van der Waals surface area contributed by atoms with Gasteiger partial charge in [0.1, 0.15) is 27.1 Å². The summed E-state index contributed by atoms with van der Waals surface area (Å²) in [6.45, 7) is 2.12. The fourth-order valence-electron chi connectivity index (χ4n) is 5.84.